The van der Waals surface area contributed by atoms with Crippen molar-refractivity contribution >= 4 is 17.3 Å². The van der Waals surface area contributed by atoms with Crippen LogP contribution in [0.4, 0.5) is 24.5 Å². The number of anilines is 1. The lowest BCUT2D eigenvalue weighted by Crippen LogP contribution is -2.48. The summed E-state index contributed by atoms with van der Waals surface area (Å²) in [4.78, 5) is 24.3. The Morgan fingerprint density at radius 3 is 2.41 bits per heavy atom. The molecule has 0 bridgehead atoms. The van der Waals surface area contributed by atoms with E-state index in [-0.39, 0.29) is 17.5 Å². The summed E-state index contributed by atoms with van der Waals surface area (Å²) >= 11 is 0. The number of rotatable bonds is 5. The second-order valence-electron chi connectivity index (χ2n) is 7.43. The molecule has 1 saturated heterocycles. The van der Waals surface area contributed by atoms with Gasteiger partial charge in [-0.25, -0.2) is 0 Å². The molecule has 1 heterocycles. The molecule has 1 aromatic rings. The number of nitrogens with zero attached hydrogens (tertiary/aromatic N) is 2. The van der Waals surface area contributed by atoms with E-state index in [9.17, 15) is 28.1 Å². The summed E-state index contributed by atoms with van der Waals surface area (Å²) in [7, 11) is 0. The van der Waals surface area contributed by atoms with Crippen LogP contribution in [-0.4, -0.2) is 36.0 Å². The summed E-state index contributed by atoms with van der Waals surface area (Å²) in [5, 5.41) is 14.0. The maximum absolute atomic E-state index is 12.8. The minimum Gasteiger partial charge on any atom is -0.366 e. The number of alkyl halides is 3. The molecule has 0 aromatic heterocycles. The van der Waals surface area contributed by atoms with Gasteiger partial charge in [-0.2, -0.15) is 13.2 Å². The molecule has 1 amide bonds. The topological polar surface area (TPSA) is 102 Å². The van der Waals surface area contributed by atoms with Gasteiger partial charge in [0.05, 0.1) is 10.5 Å². The largest absolute Gasteiger partial charge is 0.416 e. The number of carbonyl (C=O) groups is 1. The van der Waals surface area contributed by atoms with Crippen molar-refractivity contribution in [3.05, 3.63) is 33.9 Å². The highest BCUT2D eigenvalue weighted by molar-refractivity contribution is 5.79. The Morgan fingerprint density at radius 1 is 1.33 bits per heavy atom. The molecule has 0 atom stereocenters. The van der Waals surface area contributed by atoms with E-state index < -0.39 is 27.9 Å². The molecule has 3 N–H and O–H groups in total. The highest BCUT2D eigenvalue weighted by atomic mass is 19.4. The number of carbonyl (C=O) groups excluding carboxylic acids is 1. The first-order chi connectivity index (χ1) is 12.4. The first-order valence-corrected chi connectivity index (χ1v) is 8.55. The van der Waals surface area contributed by atoms with E-state index in [1.807, 2.05) is 0 Å². The van der Waals surface area contributed by atoms with Crippen molar-refractivity contribution in [3.8, 4) is 0 Å². The summed E-state index contributed by atoms with van der Waals surface area (Å²) in [5.41, 5.74) is 3.79. The predicted octanol–water partition coefficient (Wildman–Crippen LogP) is 2.68. The van der Waals surface area contributed by atoms with Gasteiger partial charge < -0.3 is 16.0 Å². The average molecular weight is 388 g/mol. The third-order valence-corrected chi connectivity index (χ3v) is 4.42. The first kappa shape index (κ1) is 20.9. The van der Waals surface area contributed by atoms with Crippen LogP contribution in [0.15, 0.2) is 18.2 Å². The second-order valence-corrected chi connectivity index (χ2v) is 7.43. The van der Waals surface area contributed by atoms with Crippen LogP contribution in [0.3, 0.4) is 0 Å². The molecular weight excluding hydrogens is 365 g/mol. The van der Waals surface area contributed by atoms with Crippen LogP contribution in [0, 0.1) is 16.0 Å². The molecule has 0 aliphatic carbocycles. The Labute approximate surface area is 154 Å². The average Bonchev–Trinajstić information content (AvgIpc) is 2.58. The fourth-order valence-electron chi connectivity index (χ4n) is 2.96. The number of halogens is 3. The quantitative estimate of drug-likeness (QED) is 0.597. The van der Waals surface area contributed by atoms with Gasteiger partial charge in [0.25, 0.3) is 5.69 Å². The molecule has 1 fully saturated rings. The second kappa shape index (κ2) is 7.71. The van der Waals surface area contributed by atoms with Crippen LogP contribution < -0.4 is 16.0 Å². The van der Waals surface area contributed by atoms with Crippen molar-refractivity contribution in [2.45, 2.75) is 38.4 Å². The van der Waals surface area contributed by atoms with E-state index in [4.69, 9.17) is 5.73 Å². The molecule has 0 saturated carbocycles. The standard InChI is InChI=1S/C17H23F3N4O3/c1-16(2,21)10-22-15(25)11-5-7-23(8-6-11)13-4-3-12(17(18,19)20)9-14(13)24(26)27/h3-4,9,11H,5-8,10,21H2,1-2H3,(H,22,25). The van der Waals surface area contributed by atoms with Crippen LogP contribution >= 0.6 is 0 Å². The van der Waals surface area contributed by atoms with Crippen molar-refractivity contribution in [3.63, 3.8) is 0 Å². The SMILES string of the molecule is CC(C)(N)CNC(=O)C1CCN(c2ccc(C(F)(F)F)cc2[N+](=O)[O-])CC1. The third-order valence-electron chi connectivity index (χ3n) is 4.42. The molecular formula is C17H23F3N4O3. The first-order valence-electron chi connectivity index (χ1n) is 8.55. The number of nitrogens with one attached hydrogen (secondary N) is 1. The Kier molecular flexibility index (Phi) is 5.98. The lowest BCUT2D eigenvalue weighted by molar-refractivity contribution is -0.384. The number of nitro benzene ring substituents is 1. The summed E-state index contributed by atoms with van der Waals surface area (Å²) < 4.78 is 38.4. The summed E-state index contributed by atoms with van der Waals surface area (Å²) in [6, 6.07) is 2.51. The van der Waals surface area contributed by atoms with Gasteiger partial charge in [-0.1, -0.05) is 0 Å². The van der Waals surface area contributed by atoms with Crippen LogP contribution in [0.5, 0.6) is 0 Å². The number of benzene rings is 1. The van der Waals surface area contributed by atoms with Gasteiger partial charge in [-0.05, 0) is 38.8 Å². The van der Waals surface area contributed by atoms with Crippen molar-refractivity contribution in [1.82, 2.24) is 5.32 Å². The molecule has 0 unspecified atom stereocenters. The zero-order valence-corrected chi connectivity index (χ0v) is 15.2. The van der Waals surface area contributed by atoms with Gasteiger partial charge in [0.15, 0.2) is 0 Å². The number of nitrogens with two attached hydrogens (primary N) is 1. The van der Waals surface area contributed by atoms with Crippen LogP contribution in [0.25, 0.3) is 0 Å². The Hall–Kier alpha value is -2.36. The van der Waals surface area contributed by atoms with Gasteiger partial charge in [0.1, 0.15) is 5.69 Å². The molecule has 27 heavy (non-hydrogen) atoms. The Morgan fingerprint density at radius 2 is 1.93 bits per heavy atom. The van der Waals surface area contributed by atoms with Crippen molar-refractivity contribution in [2.24, 2.45) is 11.7 Å². The number of hydrogen-bond acceptors (Lipinski definition) is 5. The van der Waals surface area contributed by atoms with Gasteiger partial charge in [0, 0.05) is 37.2 Å². The summed E-state index contributed by atoms with van der Waals surface area (Å²) in [6.45, 7) is 4.60. The maximum atomic E-state index is 12.8. The van der Waals surface area contributed by atoms with E-state index in [0.717, 1.165) is 12.1 Å². The van der Waals surface area contributed by atoms with Gasteiger partial charge in [-0.3, -0.25) is 14.9 Å². The predicted molar refractivity (Wildman–Crippen MR) is 94.3 cm³/mol. The van der Waals surface area contributed by atoms with E-state index in [1.165, 1.54) is 0 Å². The summed E-state index contributed by atoms with van der Waals surface area (Å²) in [6.07, 6.45) is -3.74. The van der Waals surface area contributed by atoms with E-state index in [1.54, 1.807) is 18.7 Å². The fraction of sp³-hybridized carbons (Fsp3) is 0.588. The van der Waals surface area contributed by atoms with Crippen molar-refractivity contribution < 1.29 is 22.9 Å². The number of hydrogen-bond donors (Lipinski definition) is 2. The monoisotopic (exact) mass is 388 g/mol. The molecule has 1 aliphatic rings. The lowest BCUT2D eigenvalue weighted by atomic mass is 9.94. The van der Waals surface area contributed by atoms with Crippen LogP contribution in [-0.2, 0) is 11.0 Å². The van der Waals surface area contributed by atoms with Crippen LogP contribution in [0.1, 0.15) is 32.3 Å². The Balaban J connectivity index is 2.07. The summed E-state index contributed by atoms with van der Waals surface area (Å²) in [5.74, 6) is -0.382. The van der Waals surface area contributed by atoms with E-state index in [0.29, 0.717) is 38.5 Å². The smallest absolute Gasteiger partial charge is 0.366 e. The molecule has 1 aromatic carbocycles. The fourth-order valence-corrected chi connectivity index (χ4v) is 2.96. The van der Waals surface area contributed by atoms with Gasteiger partial charge in [-0.15, -0.1) is 0 Å². The van der Waals surface area contributed by atoms with E-state index >= 15 is 0 Å². The van der Waals surface area contributed by atoms with Gasteiger partial charge >= 0.3 is 6.18 Å². The van der Waals surface area contributed by atoms with E-state index in [2.05, 4.69) is 5.32 Å². The maximum Gasteiger partial charge on any atom is 0.416 e. The molecule has 2 rings (SSSR count). The number of piperidine rings is 1. The minimum atomic E-state index is -4.65. The van der Waals surface area contributed by atoms with Crippen molar-refractivity contribution in [2.75, 3.05) is 24.5 Å². The molecule has 150 valence electrons. The van der Waals surface area contributed by atoms with Crippen molar-refractivity contribution in [1.29, 1.82) is 0 Å². The highest BCUT2D eigenvalue weighted by Crippen LogP contribution is 2.37. The van der Waals surface area contributed by atoms with Gasteiger partial charge in [0.2, 0.25) is 5.91 Å². The Bertz CT molecular complexity index is 708. The normalized spacial score (nSPS) is 16.3. The molecule has 7 nitrogen and oxygen atoms in total. The number of amides is 1. The molecule has 10 heteroatoms. The third kappa shape index (κ3) is 5.56. The minimum absolute atomic E-state index is 0.130. The van der Waals surface area contributed by atoms with Crippen LogP contribution in [0.2, 0.25) is 0 Å². The molecule has 0 spiro atoms. The number of nitro groups is 1. The highest BCUT2D eigenvalue weighted by Gasteiger charge is 2.35. The molecule has 0 radical (unpaired) electrons. The zero-order valence-electron chi connectivity index (χ0n) is 15.2. The zero-order chi connectivity index (χ0) is 20.4. The molecule has 1 aliphatic heterocycles. The lowest BCUT2D eigenvalue weighted by Gasteiger charge is -2.33.